The maximum atomic E-state index is 12.3. The summed E-state index contributed by atoms with van der Waals surface area (Å²) in [6.45, 7) is 1.26. The minimum absolute atomic E-state index is 0.0668. The molecule has 8 nitrogen and oxygen atoms in total. The number of sulfonamides is 1. The quantitative estimate of drug-likeness (QED) is 0.224. The number of carbonyl (C=O) groups excluding carboxylic acids is 2. The first kappa shape index (κ1) is 23.0. The van der Waals surface area contributed by atoms with Gasteiger partial charge in [0.2, 0.25) is 0 Å². The van der Waals surface area contributed by atoms with Crippen LogP contribution in [0.3, 0.4) is 0 Å². The van der Waals surface area contributed by atoms with E-state index >= 15 is 0 Å². The van der Waals surface area contributed by atoms with Gasteiger partial charge < -0.3 is 15.2 Å². The van der Waals surface area contributed by atoms with Gasteiger partial charge in [0.05, 0.1) is 0 Å². The number of phenolic OH excluding ortho intramolecular Hbond substituents is 1. The van der Waals surface area contributed by atoms with Gasteiger partial charge in [0, 0.05) is 14.9 Å². The molecule has 1 heterocycles. The smallest absolute Gasteiger partial charge is 0.342 e. The van der Waals surface area contributed by atoms with E-state index in [0.717, 1.165) is 32.6 Å². The molecule has 0 atom stereocenters. The summed E-state index contributed by atoms with van der Waals surface area (Å²) in [5, 5.41) is 14.2. The SMILES string of the molecule is Cc1cc(I)ccc1NC(=O)COC(=O)c1cc(NS(=O)(=O)c2cccs2)ccc1O. The molecule has 0 fully saturated rings. The number of carbonyl (C=O) groups is 2. The molecular weight excluding hydrogens is 555 g/mol. The lowest BCUT2D eigenvalue weighted by Gasteiger charge is -2.11. The summed E-state index contributed by atoms with van der Waals surface area (Å²) in [4.78, 5) is 24.5. The van der Waals surface area contributed by atoms with Gasteiger partial charge in [-0.15, -0.1) is 11.3 Å². The van der Waals surface area contributed by atoms with Crippen LogP contribution in [0.15, 0.2) is 58.1 Å². The Morgan fingerprint density at radius 2 is 1.94 bits per heavy atom. The molecule has 2 aromatic carbocycles. The van der Waals surface area contributed by atoms with E-state index in [2.05, 4.69) is 32.6 Å². The Bertz CT molecular complexity index is 1230. The van der Waals surface area contributed by atoms with Crippen molar-refractivity contribution in [2.24, 2.45) is 0 Å². The van der Waals surface area contributed by atoms with Crippen molar-refractivity contribution in [3.8, 4) is 5.75 Å². The highest BCUT2D eigenvalue weighted by Gasteiger charge is 2.19. The molecule has 0 unspecified atom stereocenters. The Morgan fingerprint density at radius 3 is 2.61 bits per heavy atom. The molecule has 11 heteroatoms. The molecule has 0 saturated heterocycles. The van der Waals surface area contributed by atoms with Crippen LogP contribution in [0.4, 0.5) is 11.4 Å². The number of aryl methyl sites for hydroxylation is 1. The molecular formula is C20H17IN2O6S2. The number of anilines is 2. The van der Waals surface area contributed by atoms with Crippen LogP contribution in [0.5, 0.6) is 5.75 Å². The van der Waals surface area contributed by atoms with E-state index in [1.165, 1.54) is 12.1 Å². The molecule has 3 rings (SSSR count). The first-order valence-electron chi connectivity index (χ1n) is 8.78. The van der Waals surface area contributed by atoms with E-state index in [4.69, 9.17) is 4.74 Å². The van der Waals surface area contributed by atoms with Gasteiger partial charge in [-0.05, 0) is 82.9 Å². The molecule has 0 radical (unpaired) electrons. The van der Waals surface area contributed by atoms with E-state index in [0.29, 0.717) is 5.69 Å². The summed E-state index contributed by atoms with van der Waals surface area (Å²) in [6.07, 6.45) is 0. The van der Waals surface area contributed by atoms with E-state index in [-0.39, 0.29) is 15.5 Å². The number of phenols is 1. The summed E-state index contributed by atoms with van der Waals surface area (Å²) in [7, 11) is -3.82. The average molecular weight is 572 g/mol. The molecule has 3 aromatic rings. The summed E-state index contributed by atoms with van der Waals surface area (Å²) in [5.41, 5.74) is 1.24. The zero-order chi connectivity index (χ0) is 22.6. The van der Waals surface area contributed by atoms with E-state index in [1.807, 2.05) is 19.1 Å². The van der Waals surface area contributed by atoms with E-state index < -0.39 is 34.3 Å². The second-order valence-corrected chi connectivity index (χ2v) is 10.5. The molecule has 0 aliphatic carbocycles. The monoisotopic (exact) mass is 572 g/mol. The number of hydrogen-bond donors (Lipinski definition) is 3. The molecule has 0 spiro atoms. The fraction of sp³-hybridized carbons (Fsp3) is 0.100. The van der Waals surface area contributed by atoms with Gasteiger partial charge in [-0.25, -0.2) is 13.2 Å². The zero-order valence-corrected chi connectivity index (χ0v) is 19.9. The highest BCUT2D eigenvalue weighted by Crippen LogP contribution is 2.26. The average Bonchev–Trinajstić information content (AvgIpc) is 3.25. The van der Waals surface area contributed by atoms with Gasteiger partial charge in [-0.3, -0.25) is 9.52 Å². The number of esters is 1. The number of rotatable bonds is 7. The van der Waals surface area contributed by atoms with Crippen LogP contribution in [-0.2, 0) is 19.6 Å². The normalized spacial score (nSPS) is 11.0. The third kappa shape index (κ3) is 5.95. The van der Waals surface area contributed by atoms with Crippen molar-refractivity contribution in [1.29, 1.82) is 0 Å². The van der Waals surface area contributed by atoms with Crippen molar-refractivity contribution in [2.75, 3.05) is 16.6 Å². The lowest BCUT2D eigenvalue weighted by Crippen LogP contribution is -2.21. The van der Waals surface area contributed by atoms with Gasteiger partial charge in [-0.2, -0.15) is 0 Å². The van der Waals surface area contributed by atoms with Gasteiger partial charge in [0.15, 0.2) is 6.61 Å². The van der Waals surface area contributed by atoms with Crippen LogP contribution < -0.4 is 10.0 Å². The standard InChI is InChI=1S/C20H17IN2O6S2/c1-12-9-13(21)4-6-16(12)22-18(25)11-29-20(26)15-10-14(5-7-17(15)24)23-31(27,28)19-3-2-8-30-19/h2-10,23-24H,11H2,1H3,(H,22,25). The molecule has 0 saturated carbocycles. The molecule has 0 aliphatic rings. The van der Waals surface area contributed by atoms with E-state index in [1.54, 1.807) is 17.5 Å². The Balaban J connectivity index is 1.66. The summed E-state index contributed by atoms with van der Waals surface area (Å²) < 4.78 is 33.1. The van der Waals surface area contributed by atoms with Crippen molar-refractivity contribution in [1.82, 2.24) is 0 Å². The highest BCUT2D eigenvalue weighted by atomic mass is 127. The second kappa shape index (κ2) is 9.66. The maximum Gasteiger partial charge on any atom is 0.342 e. The molecule has 162 valence electrons. The number of amides is 1. The van der Waals surface area contributed by atoms with Crippen LogP contribution in [-0.4, -0.2) is 32.0 Å². The lowest BCUT2D eigenvalue weighted by atomic mass is 10.2. The molecule has 3 N–H and O–H groups in total. The number of benzene rings is 2. The van der Waals surface area contributed by atoms with Crippen LogP contribution in [0.25, 0.3) is 0 Å². The number of ether oxygens (including phenoxy) is 1. The van der Waals surface area contributed by atoms with Crippen molar-refractivity contribution in [3.63, 3.8) is 0 Å². The molecule has 1 amide bonds. The first-order chi connectivity index (χ1) is 14.7. The van der Waals surface area contributed by atoms with Gasteiger partial charge in [0.1, 0.15) is 15.5 Å². The predicted octanol–water partition coefficient (Wildman–Crippen LogP) is 3.96. The van der Waals surface area contributed by atoms with Crippen LogP contribution in [0.2, 0.25) is 0 Å². The Labute approximate surface area is 196 Å². The highest BCUT2D eigenvalue weighted by molar-refractivity contribution is 14.1. The van der Waals surface area contributed by atoms with Crippen molar-refractivity contribution < 1.29 is 27.9 Å². The largest absolute Gasteiger partial charge is 0.507 e. The van der Waals surface area contributed by atoms with Gasteiger partial charge in [-0.1, -0.05) is 6.07 Å². The number of thiophene rings is 1. The van der Waals surface area contributed by atoms with Crippen LogP contribution in [0, 0.1) is 10.5 Å². The minimum atomic E-state index is -3.82. The summed E-state index contributed by atoms with van der Waals surface area (Å²) in [5.74, 6) is -1.92. The van der Waals surface area contributed by atoms with Crippen molar-refractivity contribution in [3.05, 3.63) is 68.6 Å². The molecule has 0 bridgehead atoms. The number of nitrogens with one attached hydrogen (secondary N) is 2. The lowest BCUT2D eigenvalue weighted by molar-refractivity contribution is -0.119. The fourth-order valence-corrected chi connectivity index (χ4v) is 5.24. The van der Waals surface area contributed by atoms with Gasteiger partial charge in [0.25, 0.3) is 15.9 Å². The first-order valence-corrected chi connectivity index (χ1v) is 12.2. The summed E-state index contributed by atoms with van der Waals surface area (Å²) in [6, 6.07) is 12.1. The Morgan fingerprint density at radius 1 is 1.16 bits per heavy atom. The number of aromatic hydroxyl groups is 1. The zero-order valence-electron chi connectivity index (χ0n) is 16.1. The van der Waals surface area contributed by atoms with Gasteiger partial charge >= 0.3 is 5.97 Å². The fourth-order valence-electron chi connectivity index (χ4n) is 2.55. The Hall–Kier alpha value is -2.64. The molecule has 0 aliphatic heterocycles. The predicted molar refractivity (Wildman–Crippen MR) is 126 cm³/mol. The maximum absolute atomic E-state index is 12.3. The minimum Gasteiger partial charge on any atom is -0.507 e. The third-order valence-electron chi connectivity index (χ3n) is 4.03. The van der Waals surface area contributed by atoms with Crippen molar-refractivity contribution in [2.45, 2.75) is 11.1 Å². The van der Waals surface area contributed by atoms with Crippen LogP contribution >= 0.6 is 33.9 Å². The number of halogens is 1. The summed E-state index contributed by atoms with van der Waals surface area (Å²) >= 11 is 3.20. The third-order valence-corrected chi connectivity index (χ3v) is 7.48. The topological polar surface area (TPSA) is 122 Å². The van der Waals surface area contributed by atoms with Crippen molar-refractivity contribution >= 4 is 67.2 Å². The molecule has 1 aromatic heterocycles. The number of hydrogen-bond acceptors (Lipinski definition) is 7. The van der Waals surface area contributed by atoms with Crippen LogP contribution in [0.1, 0.15) is 15.9 Å². The molecule has 31 heavy (non-hydrogen) atoms. The Kier molecular flexibility index (Phi) is 7.18. The second-order valence-electron chi connectivity index (χ2n) is 6.35. The van der Waals surface area contributed by atoms with E-state index in [9.17, 15) is 23.1 Å².